The van der Waals surface area contributed by atoms with Gasteiger partial charge in [0.15, 0.2) is 12.6 Å². The number of hydrogen-bond donors (Lipinski definition) is 11. The third-order valence-electron chi connectivity index (χ3n) is 8.78. The van der Waals surface area contributed by atoms with E-state index in [9.17, 15) is 25.0 Å². The highest BCUT2D eigenvalue weighted by Gasteiger charge is 2.50. The molecule has 0 radical (unpaired) electrons. The summed E-state index contributed by atoms with van der Waals surface area (Å²) in [6.45, 7) is 2.97. The first-order valence-corrected chi connectivity index (χ1v) is 16.7. The molecule has 3 fully saturated rings. The van der Waals surface area contributed by atoms with Crippen molar-refractivity contribution < 1.29 is 58.2 Å². The van der Waals surface area contributed by atoms with Gasteiger partial charge in [0.1, 0.15) is 35.8 Å². The molecular weight excluding hydrogens is 631 g/mol. The van der Waals surface area contributed by atoms with E-state index in [2.05, 4.69) is 20.1 Å². The molecule has 0 unspecified atom stereocenters. The Kier molecular flexibility index (Phi) is 12.5. The van der Waals surface area contributed by atoms with Crippen LogP contribution in [0.1, 0.15) is 43.0 Å². The normalized spacial score (nSPS) is 39.0. The van der Waals surface area contributed by atoms with Crippen LogP contribution in [0.25, 0.3) is 0 Å². The highest BCUT2D eigenvalue weighted by molar-refractivity contribution is 7.46. The van der Waals surface area contributed by atoms with Gasteiger partial charge in [0.2, 0.25) is 0 Å². The highest BCUT2D eigenvalue weighted by atomic mass is 31.2. The number of ether oxygens (including phenoxy) is 4. The Bertz CT molecular complexity index is 1210. The SMILES string of the molecule is CN[C@@H]1[C@@H](O)[C@@H](O[C@@H]2[C@@H](O)[C@H](O[C@H]3O[C@H](CNCc4c(COP(=O)(O)O)cnc(C)c4O)CC[C@H]3N)[C@@H](N)C[C@H]2N)OC[C@]1(C)O. The summed E-state index contributed by atoms with van der Waals surface area (Å²) >= 11 is 0. The van der Waals surface area contributed by atoms with Crippen molar-refractivity contribution >= 4 is 7.82 Å². The van der Waals surface area contributed by atoms with Crippen LogP contribution in [-0.4, -0.2) is 128 Å². The molecule has 1 aromatic rings. The zero-order valence-electron chi connectivity index (χ0n) is 26.1. The van der Waals surface area contributed by atoms with Crippen LogP contribution in [0.5, 0.6) is 5.75 Å². The second-order valence-corrected chi connectivity index (χ2v) is 13.7. The molecule has 1 aromatic heterocycles. The van der Waals surface area contributed by atoms with E-state index in [1.807, 2.05) is 0 Å². The maximum atomic E-state index is 11.3. The number of aromatic nitrogens is 1. The van der Waals surface area contributed by atoms with Crippen molar-refractivity contribution in [3.63, 3.8) is 0 Å². The molecule has 19 heteroatoms. The number of likely N-dealkylation sites (N-methyl/N-ethyl adjacent to an activating group) is 1. The molecular formula is C27H49N6O12P. The number of aromatic hydroxyl groups is 1. The smallest absolute Gasteiger partial charge is 0.469 e. The van der Waals surface area contributed by atoms with Gasteiger partial charge in [-0.05, 0) is 40.2 Å². The number of aryl methyl sites for hydroxylation is 1. The summed E-state index contributed by atoms with van der Waals surface area (Å²) in [7, 11) is -3.14. The molecule has 4 rings (SSSR count). The predicted molar refractivity (Wildman–Crippen MR) is 161 cm³/mol. The Labute approximate surface area is 267 Å². The van der Waals surface area contributed by atoms with Crippen LogP contribution in [0.3, 0.4) is 0 Å². The Morgan fingerprint density at radius 2 is 1.74 bits per heavy atom. The minimum absolute atomic E-state index is 0.120. The monoisotopic (exact) mass is 680 g/mol. The van der Waals surface area contributed by atoms with Crippen LogP contribution in [0.15, 0.2) is 6.20 Å². The van der Waals surface area contributed by atoms with Gasteiger partial charge in [-0.3, -0.25) is 9.51 Å². The van der Waals surface area contributed by atoms with E-state index in [0.717, 1.165) is 0 Å². The topological polar surface area (TPSA) is 300 Å². The molecule has 264 valence electrons. The van der Waals surface area contributed by atoms with Crippen molar-refractivity contribution in [1.29, 1.82) is 0 Å². The molecule has 0 bridgehead atoms. The van der Waals surface area contributed by atoms with E-state index in [1.54, 1.807) is 14.0 Å². The van der Waals surface area contributed by atoms with Crippen molar-refractivity contribution in [2.45, 2.75) is 119 Å². The molecule has 3 aliphatic rings. The zero-order valence-corrected chi connectivity index (χ0v) is 27.0. The van der Waals surface area contributed by atoms with Crippen LogP contribution < -0.4 is 27.8 Å². The van der Waals surface area contributed by atoms with E-state index >= 15 is 0 Å². The van der Waals surface area contributed by atoms with E-state index in [1.165, 1.54) is 13.1 Å². The molecule has 0 aromatic carbocycles. The summed E-state index contributed by atoms with van der Waals surface area (Å²) in [5.41, 5.74) is 18.7. The predicted octanol–water partition coefficient (Wildman–Crippen LogP) is -3.13. The third kappa shape index (κ3) is 8.97. The molecule has 2 saturated heterocycles. The van der Waals surface area contributed by atoms with Crippen LogP contribution in [0, 0.1) is 6.92 Å². The van der Waals surface area contributed by atoms with E-state index in [4.69, 9.17) is 45.9 Å². The van der Waals surface area contributed by atoms with Crippen molar-refractivity contribution in [2.75, 3.05) is 20.2 Å². The molecule has 1 saturated carbocycles. The number of aliphatic hydroxyl groups excluding tert-OH is 2. The lowest BCUT2D eigenvalue weighted by atomic mass is 9.84. The average molecular weight is 681 g/mol. The summed E-state index contributed by atoms with van der Waals surface area (Å²) in [4.78, 5) is 22.2. The standard InChI is InChI=1S/C27H49N6O12P/c1-12-19(34)15(13(7-33-12)10-42-46(38,39)40)9-32-8-14-4-5-16(28)25(43-14)44-22-17(29)6-18(30)23(20(22)35)45-26-21(36)24(31-3)27(2,37)11-41-26/h7,14,16-18,20-26,31-32,34-37H,4-6,8-11,28-30H2,1-3H3,(H2,38,39,40)/t14-,16+,17-,18+,20-,21+,22+,23-,24+,25+,26+,27-/m0/s1. The molecule has 12 atom stereocenters. The summed E-state index contributed by atoms with van der Waals surface area (Å²) in [6, 6.07) is -2.69. The quantitative estimate of drug-likeness (QED) is 0.0973. The summed E-state index contributed by atoms with van der Waals surface area (Å²) in [5.74, 6) is -0.125. The number of nitrogens with two attached hydrogens (primary N) is 3. The van der Waals surface area contributed by atoms with Gasteiger partial charge in [0.25, 0.3) is 0 Å². The second kappa shape index (κ2) is 15.4. The summed E-state index contributed by atoms with van der Waals surface area (Å²) in [6.07, 6.45) is -4.40. The number of nitrogens with zero attached hydrogens (tertiary/aromatic N) is 1. The number of pyridine rings is 1. The summed E-state index contributed by atoms with van der Waals surface area (Å²) in [5, 5.41) is 49.3. The van der Waals surface area contributed by atoms with Crippen LogP contribution in [-0.2, 0) is 41.2 Å². The Balaban J connectivity index is 1.36. The van der Waals surface area contributed by atoms with E-state index in [-0.39, 0.29) is 31.4 Å². The van der Waals surface area contributed by atoms with Crippen molar-refractivity contribution in [1.82, 2.24) is 15.6 Å². The van der Waals surface area contributed by atoms with Gasteiger partial charge in [-0.2, -0.15) is 0 Å². The Morgan fingerprint density at radius 3 is 2.37 bits per heavy atom. The lowest BCUT2D eigenvalue weighted by Gasteiger charge is -2.48. The van der Waals surface area contributed by atoms with Gasteiger partial charge in [-0.25, -0.2) is 4.57 Å². The first kappa shape index (κ1) is 37.4. The minimum atomic E-state index is -4.74. The third-order valence-corrected chi connectivity index (χ3v) is 9.24. The lowest BCUT2D eigenvalue weighted by Crippen LogP contribution is -2.68. The number of rotatable bonds is 12. The molecule has 46 heavy (non-hydrogen) atoms. The maximum Gasteiger partial charge on any atom is 0.469 e. The molecule has 14 N–H and O–H groups in total. The van der Waals surface area contributed by atoms with Gasteiger partial charge in [0, 0.05) is 42.5 Å². The summed E-state index contributed by atoms with van der Waals surface area (Å²) < 4.78 is 39.7. The van der Waals surface area contributed by atoms with Gasteiger partial charge < -0.3 is 77.0 Å². The van der Waals surface area contributed by atoms with Crippen molar-refractivity contribution in [3.8, 4) is 5.75 Å². The minimum Gasteiger partial charge on any atom is -0.506 e. The Hall–Kier alpha value is -1.42. The molecule has 3 heterocycles. The van der Waals surface area contributed by atoms with Gasteiger partial charge in [-0.15, -0.1) is 0 Å². The number of hydrogen-bond acceptors (Lipinski definition) is 16. The van der Waals surface area contributed by atoms with Crippen molar-refractivity contribution in [2.24, 2.45) is 17.2 Å². The van der Waals surface area contributed by atoms with Crippen LogP contribution in [0.4, 0.5) is 0 Å². The van der Waals surface area contributed by atoms with Crippen molar-refractivity contribution in [3.05, 3.63) is 23.0 Å². The van der Waals surface area contributed by atoms with E-state index < -0.39 is 81.2 Å². The molecule has 0 amide bonds. The fourth-order valence-electron chi connectivity index (χ4n) is 6.19. The van der Waals surface area contributed by atoms with Gasteiger partial charge >= 0.3 is 7.82 Å². The van der Waals surface area contributed by atoms with Gasteiger partial charge in [0.05, 0.1) is 37.1 Å². The molecule has 0 spiro atoms. The largest absolute Gasteiger partial charge is 0.506 e. The fourth-order valence-corrected chi connectivity index (χ4v) is 6.50. The number of nitrogens with one attached hydrogen (secondary N) is 2. The van der Waals surface area contributed by atoms with E-state index in [0.29, 0.717) is 36.2 Å². The van der Waals surface area contributed by atoms with Gasteiger partial charge in [-0.1, -0.05) is 0 Å². The second-order valence-electron chi connectivity index (χ2n) is 12.5. The molecule has 1 aliphatic carbocycles. The molecule has 18 nitrogen and oxygen atoms in total. The fraction of sp³-hybridized carbons (Fsp3) is 0.815. The highest BCUT2D eigenvalue weighted by Crippen LogP contribution is 2.38. The maximum absolute atomic E-state index is 11.3. The first-order chi connectivity index (χ1) is 21.5. The Morgan fingerprint density at radius 1 is 1.09 bits per heavy atom. The lowest BCUT2D eigenvalue weighted by molar-refractivity contribution is -0.306. The molecule has 2 aliphatic heterocycles. The van der Waals surface area contributed by atoms with Crippen LogP contribution in [0.2, 0.25) is 0 Å². The number of aliphatic hydroxyl groups is 3. The first-order valence-electron chi connectivity index (χ1n) is 15.2. The average Bonchev–Trinajstić information content (AvgIpc) is 2.97. The number of phosphoric ester groups is 1. The number of phosphoric acid groups is 1. The van der Waals surface area contributed by atoms with Crippen LogP contribution >= 0.6 is 7.82 Å². The zero-order chi connectivity index (χ0) is 34.0.